The zero-order chi connectivity index (χ0) is 85.9. The number of ether oxygens (including phenoxy) is 3. The Labute approximate surface area is 693 Å². The topological polar surface area (TPSA) is 331 Å². The number of aromatic nitrogens is 8. The van der Waals surface area contributed by atoms with Gasteiger partial charge in [-0.15, -0.1) is 0 Å². The van der Waals surface area contributed by atoms with Crippen molar-refractivity contribution in [1.29, 1.82) is 0 Å². The summed E-state index contributed by atoms with van der Waals surface area (Å²) in [5.74, 6) is -0.604. The molecule has 8 heterocycles. The first-order chi connectivity index (χ1) is 58.9. The van der Waals surface area contributed by atoms with E-state index in [4.69, 9.17) is 14.2 Å². The Morgan fingerprint density at radius 3 is 1.12 bits per heavy atom. The fourth-order valence-corrected chi connectivity index (χ4v) is 13.1. The molecule has 0 atom stereocenters. The number of phenolic OH excluding ortho intramolecular Hbond substituents is 4. The summed E-state index contributed by atoms with van der Waals surface area (Å²) in [5, 5.41) is 61.6. The minimum Gasteiger partial charge on any atom is -0.508 e. The van der Waals surface area contributed by atoms with Crippen LogP contribution in [0.1, 0.15) is 58.9 Å². The number of aromatic hydroxyl groups is 4. The Morgan fingerprint density at radius 2 is 0.754 bits per heavy atom. The van der Waals surface area contributed by atoms with Crippen LogP contribution in [-0.4, -0.2) is 158 Å². The molecule has 12 aromatic rings. The molecule has 630 valence electrons. The van der Waals surface area contributed by atoms with Crippen molar-refractivity contribution in [2.45, 2.75) is 46.0 Å². The van der Waals surface area contributed by atoms with Gasteiger partial charge in [0.15, 0.2) is 34.9 Å². The average molecular weight is 1680 g/mol. The van der Waals surface area contributed by atoms with Gasteiger partial charge in [0.05, 0.1) is 122 Å². The molecule has 36 heteroatoms. The van der Waals surface area contributed by atoms with Crippen LogP contribution in [0.4, 0.5) is 109 Å². The summed E-state index contributed by atoms with van der Waals surface area (Å²) in [4.78, 5) is 39.1. The summed E-state index contributed by atoms with van der Waals surface area (Å²) < 4.78 is 142. The van der Waals surface area contributed by atoms with Crippen LogP contribution in [-0.2, 0) is 39.4 Å². The molecule has 27 nitrogen and oxygen atoms in total. The van der Waals surface area contributed by atoms with Crippen LogP contribution in [0.3, 0.4) is 0 Å². The highest BCUT2D eigenvalue weighted by Crippen LogP contribution is 2.43. The quantitative estimate of drug-likeness (QED) is 0.0162. The number of hydrogen-bond acceptors (Lipinski definition) is 27. The number of alkyl halides is 6. The molecular weight excluding hydrogens is 1600 g/mol. The number of halogens is 9. The van der Waals surface area contributed by atoms with E-state index < -0.39 is 40.9 Å². The number of aryl methyl sites for hydroxylation is 3. The van der Waals surface area contributed by atoms with Crippen molar-refractivity contribution < 1.29 is 74.2 Å². The minimum atomic E-state index is -4.62. The van der Waals surface area contributed by atoms with E-state index in [1.54, 1.807) is 101 Å². The van der Waals surface area contributed by atoms with Crippen LogP contribution in [0.25, 0.3) is 33.4 Å². The fourth-order valence-electron chi connectivity index (χ4n) is 13.1. The lowest BCUT2D eigenvalue weighted by Crippen LogP contribution is -2.37. The van der Waals surface area contributed by atoms with E-state index in [0.29, 0.717) is 131 Å². The number of rotatable bonds is 23. The summed E-state index contributed by atoms with van der Waals surface area (Å²) in [5.41, 5.74) is 15.4. The molecule has 10 N–H and O–H groups in total. The Bertz CT molecular complexity index is 5760. The van der Waals surface area contributed by atoms with Crippen molar-refractivity contribution in [3.63, 3.8) is 0 Å². The highest BCUT2D eigenvalue weighted by atomic mass is 19.4. The van der Waals surface area contributed by atoms with Gasteiger partial charge in [0.25, 0.3) is 0 Å². The highest BCUT2D eigenvalue weighted by molar-refractivity contribution is 5.85. The van der Waals surface area contributed by atoms with Crippen molar-refractivity contribution in [2.75, 3.05) is 126 Å². The van der Waals surface area contributed by atoms with Crippen LogP contribution in [0.2, 0.25) is 0 Å². The number of morpholine rings is 3. The monoisotopic (exact) mass is 1680 g/mol. The van der Waals surface area contributed by atoms with Gasteiger partial charge in [-0.25, -0.2) is 54.4 Å². The van der Waals surface area contributed by atoms with Crippen LogP contribution in [0.5, 0.6) is 23.0 Å². The maximum absolute atomic E-state index is 14.3. The van der Waals surface area contributed by atoms with E-state index in [2.05, 4.69) is 87.4 Å². The lowest BCUT2D eigenvalue weighted by Gasteiger charge is -2.27. The van der Waals surface area contributed by atoms with Crippen molar-refractivity contribution in [3.05, 3.63) is 251 Å². The van der Waals surface area contributed by atoms with Crippen molar-refractivity contribution in [1.82, 2.24) is 39.9 Å². The second-order valence-corrected chi connectivity index (χ2v) is 27.5. The van der Waals surface area contributed by atoms with Gasteiger partial charge in [-0.2, -0.15) is 56.6 Å². The number of phenols is 4. The third-order valence-electron chi connectivity index (χ3n) is 19.1. The first kappa shape index (κ1) is 85.6. The average Bonchev–Trinajstić information content (AvgIpc) is 0.799. The number of nitrogens with one attached hydrogen (secondary N) is 6. The largest absolute Gasteiger partial charge is 0.508 e. The summed E-state index contributed by atoms with van der Waals surface area (Å²) in [6, 6.07) is 43.6. The summed E-state index contributed by atoms with van der Waals surface area (Å²) in [6.07, 6.45) is -0.247. The van der Waals surface area contributed by atoms with E-state index in [-0.39, 0.29) is 91.9 Å². The summed E-state index contributed by atoms with van der Waals surface area (Å²) in [7, 11) is 0. The summed E-state index contributed by atoms with van der Waals surface area (Å²) in [6.45, 7) is 11.9. The van der Waals surface area contributed by atoms with Gasteiger partial charge in [0.2, 0.25) is 17.8 Å². The van der Waals surface area contributed by atoms with Crippen LogP contribution in [0, 0.1) is 24.4 Å². The molecule has 5 aromatic heterocycles. The molecule has 0 radical (unpaired) electrons. The van der Waals surface area contributed by atoms with E-state index >= 15 is 0 Å². The molecule has 0 unspecified atom stereocenters. The lowest BCUT2D eigenvalue weighted by atomic mass is 9.98. The van der Waals surface area contributed by atoms with E-state index in [0.717, 1.165) is 58.8 Å². The first-order valence-electron chi connectivity index (χ1n) is 38.4. The number of anilines is 12. The Balaban J connectivity index is 0.000000158. The van der Waals surface area contributed by atoms with Gasteiger partial charge in [0, 0.05) is 73.6 Å². The Hall–Kier alpha value is -14.3. The molecule has 0 bridgehead atoms. The molecule has 7 aromatic carbocycles. The Kier molecular flexibility index (Phi) is 27.7. The van der Waals surface area contributed by atoms with Gasteiger partial charge >= 0.3 is 12.4 Å². The van der Waals surface area contributed by atoms with E-state index in [1.165, 1.54) is 66.9 Å². The van der Waals surface area contributed by atoms with E-state index in [9.17, 15) is 59.9 Å². The highest BCUT2D eigenvalue weighted by Gasteiger charge is 2.36. The fraction of sp³-hybridized carbons (Fsp3) is 0.221. The SMILES string of the molecule is CCc1nc(/C=N/Nc2ncc(F)c(N3CCOCC3)n2)ccc1Nc1ccc(-c2cccc(O)c2)c(C(F)(F)F)c1.CCc1nc(/C=N/Nc2ncc(F)c(N3CCOCC3)n2)ccc1Nc1ccc(-c2cccc(O)c2)c(O)c1.Cc1cc(Nc2ccc(-c3cccc(O)c3)c(C(F)(F)F)c2)ccc1/C=N/Nc1ncc(F)c(N2CCOCC2)n1. The number of benzene rings is 7. The smallest absolute Gasteiger partial charge is 0.417 e. The molecule has 3 aliphatic rings. The van der Waals surface area contributed by atoms with Crippen molar-refractivity contribution in [3.8, 4) is 56.4 Å². The molecule has 15 rings (SSSR count). The van der Waals surface area contributed by atoms with Crippen LogP contribution >= 0.6 is 0 Å². The van der Waals surface area contributed by atoms with Crippen molar-refractivity contribution in [2.24, 2.45) is 15.3 Å². The lowest BCUT2D eigenvalue weighted by molar-refractivity contribution is -0.137. The second-order valence-electron chi connectivity index (χ2n) is 27.5. The van der Waals surface area contributed by atoms with Crippen molar-refractivity contribution >= 4 is 88.1 Å². The summed E-state index contributed by atoms with van der Waals surface area (Å²) >= 11 is 0. The van der Waals surface area contributed by atoms with Gasteiger partial charge in [0.1, 0.15) is 23.0 Å². The van der Waals surface area contributed by atoms with Gasteiger partial charge < -0.3 is 65.3 Å². The molecular formula is C86H81F9N20O7. The number of hydrazone groups is 3. The molecule has 3 saturated heterocycles. The standard InChI is InChI=1S/C29H27F4N7O2.C29H26F4N6O2.C28H28FN7O3/c1-2-25-26(36-19-6-8-22(23(15-19)29(31,32)33)18-4-3-5-21(41)14-18)9-7-20(37-25)16-35-39-28-34-17-24(30)27(38-28)40-10-12-42-13-11-40;1-18-13-21(36-22-7-8-24(25(15-22)29(31,32)33)19-3-2-4-23(40)14-19)6-5-20(18)16-35-38-28-34-17-26(30)27(37-28)39-9-11-41-12-10-39;1-2-24-25(32-19-6-8-22(26(38)15-19)18-4-3-5-21(37)14-18)9-7-20(33-24)16-31-35-28-30-17-23(29)27(34-28)36-10-12-39-13-11-36/h3-9,14-17,36,41H,2,10-13H2,1H3,(H,34,38,39);2-8,13-17,36,40H,9-12H2,1H3,(H,34,37,38);3-9,14-17,32,37-38H,2,10-13H2,1H3,(H,30,34,35)/b2*35-16+;31-16+. The number of hydrogen-bond donors (Lipinski definition) is 10. The molecule has 0 aliphatic carbocycles. The zero-order valence-electron chi connectivity index (χ0n) is 65.7. The molecule has 3 fully saturated rings. The maximum Gasteiger partial charge on any atom is 0.417 e. The third-order valence-corrected chi connectivity index (χ3v) is 19.1. The minimum absolute atomic E-state index is 0.0311. The number of nitrogens with zero attached hydrogens (tertiary/aromatic N) is 14. The number of pyridine rings is 2. The molecule has 3 aliphatic heterocycles. The van der Waals surface area contributed by atoms with Gasteiger partial charge in [-0.3, -0.25) is 0 Å². The Morgan fingerprint density at radius 1 is 0.402 bits per heavy atom. The van der Waals surface area contributed by atoms with Crippen LogP contribution < -0.4 is 46.9 Å². The molecule has 0 amide bonds. The van der Waals surface area contributed by atoms with Gasteiger partial charge in [-0.05, 0) is 168 Å². The molecule has 0 saturated carbocycles. The maximum atomic E-state index is 14.3. The third kappa shape index (κ3) is 22.6. The normalized spacial score (nSPS) is 13.8. The van der Waals surface area contributed by atoms with Gasteiger partial charge in [-0.1, -0.05) is 68.4 Å². The van der Waals surface area contributed by atoms with E-state index in [1.807, 2.05) is 43.9 Å². The molecule has 122 heavy (non-hydrogen) atoms. The first-order valence-corrected chi connectivity index (χ1v) is 38.4. The second kappa shape index (κ2) is 39.5. The van der Waals surface area contributed by atoms with Crippen LogP contribution in [0.15, 0.2) is 204 Å². The predicted octanol–water partition coefficient (Wildman–Crippen LogP) is 17.0. The molecule has 0 spiro atoms. The predicted molar refractivity (Wildman–Crippen MR) is 449 cm³/mol. The zero-order valence-corrected chi connectivity index (χ0v) is 65.7.